The average molecular weight is 397 g/mol. The van der Waals surface area contributed by atoms with Gasteiger partial charge >= 0.3 is 11.8 Å². The Morgan fingerprint density at radius 2 is 1.89 bits per heavy atom. The molecule has 144 valence electrons. The first kappa shape index (κ1) is 19.2. The number of nitrogens with zero attached hydrogens (tertiary/aromatic N) is 3. The van der Waals surface area contributed by atoms with Crippen LogP contribution in [0.5, 0.6) is 6.01 Å². The van der Waals surface area contributed by atoms with E-state index in [1.807, 2.05) is 0 Å². The predicted molar refractivity (Wildman–Crippen MR) is 91.2 cm³/mol. The highest BCUT2D eigenvalue weighted by atomic mass is 32.2. The van der Waals surface area contributed by atoms with Crippen LogP contribution in [-0.2, 0) is 9.84 Å². The fourth-order valence-corrected chi connectivity index (χ4v) is 3.79. The zero-order chi connectivity index (χ0) is 19.4. The van der Waals surface area contributed by atoms with E-state index < -0.39 is 26.4 Å². The van der Waals surface area contributed by atoms with Crippen molar-refractivity contribution in [3.8, 4) is 6.01 Å². The van der Waals surface area contributed by atoms with Crippen LogP contribution >= 0.6 is 0 Å². The Hall–Kier alpha value is -2.62. The van der Waals surface area contributed by atoms with Crippen LogP contribution in [0.2, 0.25) is 0 Å². The first-order chi connectivity index (χ1) is 12.9. The number of likely N-dealkylation sites (tertiary alicyclic amines) is 1. The number of carbonyl (C=O) groups excluding carboxylic acids is 1. The van der Waals surface area contributed by atoms with E-state index in [1.165, 1.54) is 35.5 Å². The summed E-state index contributed by atoms with van der Waals surface area (Å²) in [4.78, 5) is 21.5. The van der Waals surface area contributed by atoms with Crippen molar-refractivity contribution in [2.75, 3.05) is 13.1 Å². The molecule has 7 nitrogen and oxygen atoms in total. The van der Waals surface area contributed by atoms with Crippen LogP contribution in [0.1, 0.15) is 23.2 Å². The highest BCUT2D eigenvalue weighted by molar-refractivity contribution is 7.91. The fourth-order valence-electron chi connectivity index (χ4n) is 2.87. The number of rotatable bonds is 5. The van der Waals surface area contributed by atoms with Gasteiger partial charge in [0.25, 0.3) is 5.91 Å². The second-order valence-corrected chi connectivity index (χ2v) is 7.85. The minimum atomic E-state index is -4.89. The van der Waals surface area contributed by atoms with E-state index in [1.54, 1.807) is 6.07 Å². The number of aromatic nitrogens is 2. The Morgan fingerprint density at radius 3 is 2.59 bits per heavy atom. The van der Waals surface area contributed by atoms with E-state index in [0.717, 1.165) is 6.07 Å². The molecule has 1 amide bonds. The third-order valence-electron chi connectivity index (χ3n) is 4.14. The lowest BCUT2D eigenvalue weighted by Gasteiger charge is -2.32. The molecule has 2 aromatic rings. The minimum Gasteiger partial charge on any atom is -0.458 e. The second kappa shape index (κ2) is 7.95. The van der Waals surface area contributed by atoms with E-state index in [9.17, 15) is 22.0 Å². The summed E-state index contributed by atoms with van der Waals surface area (Å²) in [5, 5.41) is 0. The van der Waals surface area contributed by atoms with Crippen molar-refractivity contribution >= 4 is 15.7 Å². The van der Waals surface area contributed by atoms with Crippen LogP contribution in [-0.4, -0.2) is 54.1 Å². The molecule has 0 saturated carbocycles. The number of halogens is 2. The lowest BCUT2D eigenvalue weighted by molar-refractivity contribution is 0.0512. The number of piperidine rings is 1. The van der Waals surface area contributed by atoms with Crippen molar-refractivity contribution < 1.29 is 26.7 Å². The number of alkyl halides is 2. The van der Waals surface area contributed by atoms with E-state index in [4.69, 9.17) is 4.74 Å². The summed E-state index contributed by atoms with van der Waals surface area (Å²) in [6, 6.07) is 6.82. The lowest BCUT2D eigenvalue weighted by Crippen LogP contribution is -2.45. The first-order valence-corrected chi connectivity index (χ1v) is 9.78. The quantitative estimate of drug-likeness (QED) is 0.768. The molecule has 3 rings (SSSR count). The Balaban J connectivity index is 1.80. The van der Waals surface area contributed by atoms with Gasteiger partial charge in [0.1, 0.15) is 6.10 Å². The zero-order valence-electron chi connectivity index (χ0n) is 14.2. The van der Waals surface area contributed by atoms with Gasteiger partial charge in [-0.15, -0.1) is 0 Å². The maximum absolute atomic E-state index is 12.9. The van der Waals surface area contributed by atoms with Crippen molar-refractivity contribution in [2.24, 2.45) is 0 Å². The van der Waals surface area contributed by atoms with Crippen molar-refractivity contribution in [3.05, 3.63) is 48.3 Å². The topological polar surface area (TPSA) is 89.5 Å². The average Bonchev–Trinajstić information content (AvgIpc) is 2.68. The number of ether oxygens (including phenoxy) is 1. The summed E-state index contributed by atoms with van der Waals surface area (Å²) in [5.74, 6) is -4.23. The van der Waals surface area contributed by atoms with Gasteiger partial charge in [0.05, 0.1) is 17.0 Å². The largest absolute Gasteiger partial charge is 0.458 e. The van der Waals surface area contributed by atoms with E-state index >= 15 is 0 Å². The van der Waals surface area contributed by atoms with Crippen LogP contribution < -0.4 is 4.74 Å². The standard InChI is InChI=1S/C17H17F2N3O4S/c18-16(19)27(24,25)14-7-2-1-6-13(14)15(23)22-10-3-5-12(11-22)26-17-20-8-4-9-21-17/h1-2,4,6-9,12,16H,3,5,10-11H2/t12-/m1/s1. The van der Waals surface area contributed by atoms with Gasteiger partial charge in [-0.2, -0.15) is 8.78 Å². The summed E-state index contributed by atoms with van der Waals surface area (Å²) in [6.45, 7) is 0.553. The third kappa shape index (κ3) is 4.21. The summed E-state index contributed by atoms with van der Waals surface area (Å²) in [6.07, 6.45) is 3.97. The molecule has 1 aromatic carbocycles. The van der Waals surface area contributed by atoms with Gasteiger partial charge in [0.15, 0.2) is 0 Å². The zero-order valence-corrected chi connectivity index (χ0v) is 15.0. The van der Waals surface area contributed by atoms with Gasteiger partial charge < -0.3 is 9.64 Å². The molecular weight excluding hydrogens is 380 g/mol. The van der Waals surface area contributed by atoms with Gasteiger partial charge in [0.2, 0.25) is 9.84 Å². The van der Waals surface area contributed by atoms with Crippen molar-refractivity contribution in [1.82, 2.24) is 14.9 Å². The first-order valence-electron chi connectivity index (χ1n) is 8.23. The van der Waals surface area contributed by atoms with Crippen LogP contribution in [0, 0.1) is 0 Å². The summed E-state index contributed by atoms with van der Waals surface area (Å²) >= 11 is 0. The number of benzene rings is 1. The normalized spacial score (nSPS) is 17.7. The highest BCUT2D eigenvalue weighted by Gasteiger charge is 2.33. The monoisotopic (exact) mass is 397 g/mol. The molecule has 2 heterocycles. The molecule has 0 radical (unpaired) electrons. The number of carbonyl (C=O) groups is 1. The minimum absolute atomic E-state index is 0.178. The van der Waals surface area contributed by atoms with Gasteiger partial charge in [-0.05, 0) is 31.0 Å². The SMILES string of the molecule is O=C(c1ccccc1S(=O)(=O)C(F)F)N1CCC[C@@H](Oc2ncccn2)C1. The summed E-state index contributed by atoms with van der Waals surface area (Å²) in [7, 11) is -4.89. The van der Waals surface area contributed by atoms with E-state index in [0.29, 0.717) is 19.4 Å². The third-order valence-corrected chi connectivity index (χ3v) is 5.58. The number of sulfone groups is 1. The number of hydrogen-bond acceptors (Lipinski definition) is 6. The molecule has 0 unspecified atom stereocenters. The van der Waals surface area contributed by atoms with Gasteiger partial charge in [-0.3, -0.25) is 4.79 Å². The molecule has 1 aromatic heterocycles. The lowest BCUT2D eigenvalue weighted by atomic mass is 10.1. The summed E-state index contributed by atoms with van der Waals surface area (Å²) < 4.78 is 55.3. The molecule has 1 aliphatic heterocycles. The fraction of sp³-hybridized carbons (Fsp3) is 0.353. The molecule has 0 bridgehead atoms. The molecule has 0 N–H and O–H groups in total. The van der Waals surface area contributed by atoms with Crippen molar-refractivity contribution in [1.29, 1.82) is 0 Å². The van der Waals surface area contributed by atoms with Crippen LogP contribution in [0.3, 0.4) is 0 Å². The molecule has 0 aliphatic carbocycles. The molecule has 27 heavy (non-hydrogen) atoms. The van der Waals surface area contributed by atoms with Crippen molar-refractivity contribution in [2.45, 2.75) is 29.6 Å². The van der Waals surface area contributed by atoms with E-state index in [-0.39, 0.29) is 24.2 Å². The van der Waals surface area contributed by atoms with Gasteiger partial charge in [-0.25, -0.2) is 18.4 Å². The molecule has 1 aliphatic rings. The Bertz CT molecular complexity index is 909. The number of amides is 1. The molecule has 0 spiro atoms. The smallest absolute Gasteiger partial charge is 0.341 e. The Morgan fingerprint density at radius 1 is 1.19 bits per heavy atom. The second-order valence-electron chi connectivity index (χ2n) is 5.97. The van der Waals surface area contributed by atoms with Crippen molar-refractivity contribution in [3.63, 3.8) is 0 Å². The Labute approximate surface area is 154 Å². The molecular formula is C17H17F2N3O4S. The molecule has 1 saturated heterocycles. The maximum Gasteiger partial charge on any atom is 0.341 e. The Kier molecular flexibility index (Phi) is 5.64. The van der Waals surface area contributed by atoms with Gasteiger partial charge in [-0.1, -0.05) is 12.1 Å². The molecule has 1 fully saturated rings. The summed E-state index contributed by atoms with van der Waals surface area (Å²) in [5.41, 5.74) is -0.269. The molecule has 10 heteroatoms. The van der Waals surface area contributed by atoms with E-state index in [2.05, 4.69) is 9.97 Å². The van der Waals surface area contributed by atoms with Gasteiger partial charge in [0, 0.05) is 18.9 Å². The van der Waals surface area contributed by atoms with Crippen LogP contribution in [0.15, 0.2) is 47.6 Å². The maximum atomic E-state index is 12.9. The number of hydrogen-bond donors (Lipinski definition) is 0. The van der Waals surface area contributed by atoms with Crippen LogP contribution in [0.4, 0.5) is 8.78 Å². The predicted octanol–water partition coefficient (Wildman–Crippen LogP) is 2.16. The highest BCUT2D eigenvalue weighted by Crippen LogP contribution is 2.25. The van der Waals surface area contributed by atoms with Crippen LogP contribution in [0.25, 0.3) is 0 Å². The molecule has 1 atom stereocenters.